The molecule has 5 aromatic rings. The van der Waals surface area contributed by atoms with Crippen LogP contribution < -0.4 is 9.21 Å². The number of rotatable bonds is 8. The zero-order chi connectivity index (χ0) is 26.9. The summed E-state index contributed by atoms with van der Waals surface area (Å²) in [5, 5.41) is 0.142. The van der Waals surface area contributed by atoms with Gasteiger partial charge >= 0.3 is 0 Å². The van der Waals surface area contributed by atoms with E-state index in [9.17, 15) is 22.0 Å². The first-order valence-corrected chi connectivity index (χ1v) is 13.8. The number of anilines is 2. The van der Waals surface area contributed by atoms with Crippen LogP contribution in [0.3, 0.4) is 0 Å². The number of carbonyl (C=O) groups is 1. The number of para-hydroxylation sites is 1. The van der Waals surface area contributed by atoms with Crippen LogP contribution in [0.15, 0.2) is 94.4 Å². The lowest BCUT2D eigenvalue weighted by Gasteiger charge is -2.23. The Bertz CT molecular complexity index is 1690. The molecular weight excluding hydrogens is 532 g/mol. The molecule has 0 atom stereocenters. The van der Waals surface area contributed by atoms with Gasteiger partial charge in [0.2, 0.25) is 0 Å². The number of amides is 1. The van der Waals surface area contributed by atoms with Crippen LogP contribution in [0, 0.1) is 11.6 Å². The summed E-state index contributed by atoms with van der Waals surface area (Å²) in [6.45, 7) is 1.94. The molecule has 38 heavy (non-hydrogen) atoms. The molecule has 0 radical (unpaired) electrons. The van der Waals surface area contributed by atoms with Crippen molar-refractivity contribution in [3.8, 4) is 0 Å². The number of fused-ring (bicyclic) bond motifs is 1. The number of nitrogens with zero attached hydrogens (tertiary/aromatic N) is 3. The minimum absolute atomic E-state index is 0.0204. The number of halogens is 2. The van der Waals surface area contributed by atoms with Crippen LogP contribution in [-0.4, -0.2) is 25.9 Å². The standard InChI is InChI=1S/C27H21F2N3O4S2/c1-2-32(20-7-4-3-5-8-20)38(34,35)22-12-10-18(11-13-22)26(33)31(17-21-9-6-14-36-21)27-30-25-23(29)15-19(28)16-24(25)37-27/h3-16H,2,17H2,1H3. The summed E-state index contributed by atoms with van der Waals surface area (Å²) in [7, 11) is -3.88. The molecule has 0 saturated carbocycles. The summed E-state index contributed by atoms with van der Waals surface area (Å²) in [6, 6.07) is 19.5. The summed E-state index contributed by atoms with van der Waals surface area (Å²) in [4.78, 5) is 19.1. The fraction of sp³-hybridized carbons (Fsp3) is 0.111. The van der Waals surface area contributed by atoms with Crippen molar-refractivity contribution >= 4 is 48.3 Å². The number of aromatic nitrogens is 1. The van der Waals surface area contributed by atoms with E-state index in [0.717, 1.165) is 23.5 Å². The lowest BCUT2D eigenvalue weighted by Crippen LogP contribution is -2.31. The lowest BCUT2D eigenvalue weighted by molar-refractivity contribution is 0.0983. The normalized spacial score (nSPS) is 11.6. The quantitative estimate of drug-likeness (QED) is 0.228. The molecule has 1 amide bonds. The molecule has 0 saturated heterocycles. The number of hydrogen-bond donors (Lipinski definition) is 0. The first-order valence-electron chi connectivity index (χ1n) is 11.6. The van der Waals surface area contributed by atoms with Gasteiger partial charge in [-0.1, -0.05) is 29.5 Å². The fourth-order valence-electron chi connectivity index (χ4n) is 3.98. The average Bonchev–Trinajstić information content (AvgIpc) is 3.58. The Labute approximate surface area is 221 Å². The van der Waals surface area contributed by atoms with Gasteiger partial charge in [-0.2, -0.15) is 0 Å². The second kappa shape index (κ2) is 10.3. The lowest BCUT2D eigenvalue weighted by atomic mass is 10.2. The molecule has 0 aliphatic heterocycles. The Morgan fingerprint density at radius 3 is 2.39 bits per heavy atom. The maximum absolute atomic E-state index is 14.3. The van der Waals surface area contributed by atoms with E-state index >= 15 is 0 Å². The Morgan fingerprint density at radius 2 is 1.74 bits per heavy atom. The van der Waals surface area contributed by atoms with Gasteiger partial charge in [-0.05, 0) is 61.5 Å². The van der Waals surface area contributed by atoms with Crippen LogP contribution in [0.1, 0.15) is 23.0 Å². The van der Waals surface area contributed by atoms with Crippen LogP contribution in [0.4, 0.5) is 19.6 Å². The number of carbonyl (C=O) groups excluding carboxylic acids is 1. The maximum atomic E-state index is 14.3. The number of sulfonamides is 1. The van der Waals surface area contributed by atoms with Crippen molar-refractivity contribution in [1.82, 2.24) is 4.98 Å². The molecular formula is C27H21F2N3O4S2. The second-order valence-electron chi connectivity index (χ2n) is 8.23. The van der Waals surface area contributed by atoms with Gasteiger partial charge in [0.25, 0.3) is 15.9 Å². The molecule has 2 aromatic heterocycles. The molecule has 0 fully saturated rings. The van der Waals surface area contributed by atoms with Crippen molar-refractivity contribution < 1.29 is 26.4 Å². The predicted molar refractivity (Wildman–Crippen MR) is 142 cm³/mol. The third-order valence-corrected chi connectivity index (χ3v) is 8.74. The largest absolute Gasteiger partial charge is 0.467 e. The van der Waals surface area contributed by atoms with E-state index in [0.29, 0.717) is 11.4 Å². The molecule has 5 rings (SSSR count). The summed E-state index contributed by atoms with van der Waals surface area (Å²) >= 11 is 0.960. The highest BCUT2D eigenvalue weighted by Gasteiger charge is 2.26. The summed E-state index contributed by atoms with van der Waals surface area (Å²) in [5.41, 5.74) is 0.661. The Morgan fingerprint density at radius 1 is 1.00 bits per heavy atom. The van der Waals surface area contributed by atoms with Crippen LogP contribution in [0.25, 0.3) is 10.2 Å². The van der Waals surface area contributed by atoms with Gasteiger partial charge in [0.05, 0.1) is 28.1 Å². The van der Waals surface area contributed by atoms with Crippen molar-refractivity contribution in [3.63, 3.8) is 0 Å². The summed E-state index contributed by atoms with van der Waals surface area (Å²) in [5.74, 6) is -1.64. The third-order valence-electron chi connectivity index (χ3n) is 5.79. The molecule has 194 valence electrons. The molecule has 7 nitrogen and oxygen atoms in total. The minimum Gasteiger partial charge on any atom is -0.467 e. The molecule has 3 aromatic carbocycles. The molecule has 11 heteroatoms. The number of benzene rings is 3. The van der Waals surface area contributed by atoms with Crippen molar-refractivity contribution in [2.45, 2.75) is 18.4 Å². The molecule has 0 N–H and O–H groups in total. The first-order chi connectivity index (χ1) is 18.3. The molecule has 0 aliphatic carbocycles. The Balaban J connectivity index is 1.49. The van der Waals surface area contributed by atoms with Gasteiger partial charge in [0, 0.05) is 18.2 Å². The molecule has 0 bridgehead atoms. The van der Waals surface area contributed by atoms with Crippen molar-refractivity contribution in [1.29, 1.82) is 0 Å². The van der Waals surface area contributed by atoms with E-state index in [2.05, 4.69) is 4.98 Å². The van der Waals surface area contributed by atoms with E-state index < -0.39 is 27.6 Å². The van der Waals surface area contributed by atoms with Crippen molar-refractivity contribution in [3.05, 3.63) is 108 Å². The van der Waals surface area contributed by atoms with E-state index in [-0.39, 0.29) is 38.9 Å². The average molecular weight is 554 g/mol. The zero-order valence-corrected chi connectivity index (χ0v) is 21.7. The van der Waals surface area contributed by atoms with Crippen LogP contribution >= 0.6 is 11.3 Å². The molecule has 0 aliphatic rings. The van der Waals surface area contributed by atoms with E-state index in [1.165, 1.54) is 39.7 Å². The first kappa shape index (κ1) is 25.6. The van der Waals surface area contributed by atoms with E-state index in [4.69, 9.17) is 4.42 Å². The van der Waals surface area contributed by atoms with Crippen molar-refractivity contribution in [2.24, 2.45) is 0 Å². The monoisotopic (exact) mass is 553 g/mol. The van der Waals surface area contributed by atoms with E-state index in [1.807, 2.05) is 0 Å². The van der Waals surface area contributed by atoms with Gasteiger partial charge in [0.1, 0.15) is 17.1 Å². The molecule has 0 spiro atoms. The van der Waals surface area contributed by atoms with E-state index in [1.54, 1.807) is 49.4 Å². The highest BCUT2D eigenvalue weighted by atomic mass is 32.2. The molecule has 0 unspecified atom stereocenters. The van der Waals surface area contributed by atoms with Gasteiger partial charge in [-0.3, -0.25) is 14.0 Å². The van der Waals surface area contributed by atoms with Gasteiger partial charge in [-0.25, -0.2) is 22.2 Å². The zero-order valence-electron chi connectivity index (χ0n) is 20.0. The van der Waals surface area contributed by atoms with Crippen LogP contribution in [0.5, 0.6) is 0 Å². The topological polar surface area (TPSA) is 83.7 Å². The maximum Gasteiger partial charge on any atom is 0.264 e. The summed E-state index contributed by atoms with van der Waals surface area (Å²) < 4.78 is 61.6. The predicted octanol–water partition coefficient (Wildman–Crippen LogP) is 6.23. The third kappa shape index (κ3) is 4.90. The van der Waals surface area contributed by atoms with Gasteiger partial charge < -0.3 is 4.42 Å². The fourth-order valence-corrected chi connectivity index (χ4v) is 6.46. The molecule has 2 heterocycles. The second-order valence-corrected chi connectivity index (χ2v) is 11.1. The van der Waals surface area contributed by atoms with Crippen molar-refractivity contribution in [2.75, 3.05) is 15.7 Å². The SMILES string of the molecule is CCN(c1ccccc1)S(=O)(=O)c1ccc(C(=O)N(Cc2ccco2)c2nc3c(F)cc(F)cc3s2)cc1. The number of thiazole rings is 1. The van der Waals surface area contributed by atoms with Gasteiger partial charge in [0.15, 0.2) is 10.9 Å². The number of hydrogen-bond acceptors (Lipinski definition) is 6. The number of furan rings is 1. The van der Waals surface area contributed by atoms with Crippen LogP contribution in [0.2, 0.25) is 0 Å². The minimum atomic E-state index is -3.88. The highest BCUT2D eigenvalue weighted by Crippen LogP contribution is 2.33. The summed E-state index contributed by atoms with van der Waals surface area (Å²) in [6.07, 6.45) is 1.46. The smallest absolute Gasteiger partial charge is 0.264 e. The Hall–Kier alpha value is -4.09. The van der Waals surface area contributed by atoms with Gasteiger partial charge in [-0.15, -0.1) is 0 Å². The highest BCUT2D eigenvalue weighted by molar-refractivity contribution is 7.92. The Kier molecular flexibility index (Phi) is 6.96. The van der Waals surface area contributed by atoms with Crippen LogP contribution in [-0.2, 0) is 16.6 Å².